The number of fused-ring (bicyclic) bond motifs is 1. The van der Waals surface area contributed by atoms with Crippen LogP contribution in [0.1, 0.15) is 16.3 Å². The number of furan rings is 1. The Bertz CT molecular complexity index is 929. The van der Waals surface area contributed by atoms with E-state index in [4.69, 9.17) is 19.6 Å². The van der Waals surface area contributed by atoms with Crippen molar-refractivity contribution in [1.29, 1.82) is 0 Å². The van der Waals surface area contributed by atoms with Crippen LogP contribution in [0.3, 0.4) is 0 Å². The molecule has 0 radical (unpaired) electrons. The van der Waals surface area contributed by atoms with Crippen LogP contribution >= 0.6 is 11.3 Å². The molecule has 0 aliphatic carbocycles. The molecule has 0 saturated heterocycles. The zero-order chi connectivity index (χ0) is 16.7. The number of hydrogen-bond donors (Lipinski definition) is 1. The Kier molecular flexibility index (Phi) is 3.50. The Balaban J connectivity index is 1.69. The lowest BCUT2D eigenvalue weighted by Gasteiger charge is -2.18. The summed E-state index contributed by atoms with van der Waals surface area (Å²) < 4.78 is 16.5. The molecule has 2 N–H and O–H groups in total. The molecule has 3 aromatic rings. The van der Waals surface area contributed by atoms with Gasteiger partial charge in [0.15, 0.2) is 17.3 Å². The zero-order valence-electron chi connectivity index (χ0n) is 12.9. The quantitative estimate of drug-likeness (QED) is 0.789. The number of aromatic nitrogens is 1. The van der Waals surface area contributed by atoms with E-state index in [-0.39, 0.29) is 5.76 Å². The third kappa shape index (κ3) is 2.52. The highest BCUT2D eigenvalue weighted by atomic mass is 32.1. The number of primary amides is 1. The third-order valence-electron chi connectivity index (χ3n) is 3.73. The highest BCUT2D eigenvalue weighted by molar-refractivity contribution is 7.13. The van der Waals surface area contributed by atoms with Crippen LogP contribution in [0.15, 0.2) is 34.1 Å². The molecule has 1 aromatic carbocycles. The first-order valence-corrected chi connectivity index (χ1v) is 8.26. The smallest absolute Gasteiger partial charge is 0.284 e. The van der Waals surface area contributed by atoms with Gasteiger partial charge < -0.3 is 19.6 Å². The molecule has 0 atom stereocenters. The predicted octanol–water partition coefficient (Wildman–Crippen LogP) is 3.25. The van der Waals surface area contributed by atoms with Gasteiger partial charge in [-0.05, 0) is 31.2 Å². The number of nitrogens with two attached hydrogens (primary N) is 1. The van der Waals surface area contributed by atoms with Crippen molar-refractivity contribution >= 4 is 17.2 Å². The first-order valence-electron chi connectivity index (χ1n) is 7.38. The fourth-order valence-electron chi connectivity index (χ4n) is 2.56. The number of rotatable bonds is 3. The fraction of sp³-hybridized carbons (Fsp3) is 0.176. The molecule has 6 nitrogen and oxygen atoms in total. The minimum atomic E-state index is -0.591. The van der Waals surface area contributed by atoms with Gasteiger partial charge in [-0.3, -0.25) is 4.79 Å². The van der Waals surface area contributed by atoms with Gasteiger partial charge in [0, 0.05) is 16.5 Å². The van der Waals surface area contributed by atoms with Crippen molar-refractivity contribution in [3.05, 3.63) is 41.2 Å². The number of carbonyl (C=O) groups is 1. The van der Waals surface area contributed by atoms with Gasteiger partial charge in [-0.2, -0.15) is 0 Å². The maximum Gasteiger partial charge on any atom is 0.284 e. The van der Waals surface area contributed by atoms with Gasteiger partial charge in [-0.15, -0.1) is 11.3 Å². The van der Waals surface area contributed by atoms with Gasteiger partial charge in [0.25, 0.3) is 5.91 Å². The van der Waals surface area contributed by atoms with E-state index in [0.29, 0.717) is 19.0 Å². The Labute approximate surface area is 141 Å². The average molecular weight is 342 g/mol. The van der Waals surface area contributed by atoms with Crippen molar-refractivity contribution in [3.8, 4) is 33.3 Å². The molecule has 0 unspecified atom stereocenters. The molecule has 122 valence electrons. The van der Waals surface area contributed by atoms with Gasteiger partial charge in [0.05, 0.1) is 5.69 Å². The zero-order valence-corrected chi connectivity index (χ0v) is 13.7. The lowest BCUT2D eigenvalue weighted by atomic mass is 10.2. The molecule has 0 saturated carbocycles. The number of nitrogens with zero attached hydrogens (tertiary/aromatic N) is 1. The highest BCUT2D eigenvalue weighted by Crippen LogP contribution is 2.37. The summed E-state index contributed by atoms with van der Waals surface area (Å²) >= 11 is 1.51. The maximum atomic E-state index is 11.2. The molecule has 0 spiro atoms. The summed E-state index contributed by atoms with van der Waals surface area (Å²) in [6, 6.07) is 7.39. The van der Waals surface area contributed by atoms with Gasteiger partial charge >= 0.3 is 0 Å². The van der Waals surface area contributed by atoms with Crippen molar-refractivity contribution < 1.29 is 18.7 Å². The Morgan fingerprint density at radius 3 is 2.75 bits per heavy atom. The molecular weight excluding hydrogens is 328 g/mol. The first kappa shape index (κ1) is 14.8. The fourth-order valence-corrected chi connectivity index (χ4v) is 3.38. The van der Waals surface area contributed by atoms with E-state index < -0.39 is 5.91 Å². The van der Waals surface area contributed by atoms with Crippen LogP contribution in [0.5, 0.6) is 11.5 Å². The van der Waals surface area contributed by atoms with Crippen LogP contribution in [0.2, 0.25) is 0 Å². The summed E-state index contributed by atoms with van der Waals surface area (Å²) in [5.74, 6) is 1.63. The summed E-state index contributed by atoms with van der Waals surface area (Å²) in [5, 5.41) is 2.78. The Hall–Kier alpha value is -2.80. The van der Waals surface area contributed by atoms with E-state index in [1.165, 1.54) is 11.3 Å². The third-order valence-corrected chi connectivity index (χ3v) is 4.62. The number of carbonyl (C=O) groups excluding carboxylic acids is 1. The van der Waals surface area contributed by atoms with Crippen molar-refractivity contribution in [1.82, 2.24) is 4.98 Å². The summed E-state index contributed by atoms with van der Waals surface area (Å²) in [7, 11) is 0. The molecule has 2 aromatic heterocycles. The van der Waals surface area contributed by atoms with Gasteiger partial charge in [0.1, 0.15) is 24.0 Å². The summed E-state index contributed by atoms with van der Waals surface area (Å²) in [5.41, 5.74) is 7.73. The number of hydrogen-bond acceptors (Lipinski definition) is 6. The maximum absolute atomic E-state index is 11.2. The Morgan fingerprint density at radius 2 is 2.00 bits per heavy atom. The van der Waals surface area contributed by atoms with E-state index in [2.05, 4.69) is 4.98 Å². The second-order valence-electron chi connectivity index (χ2n) is 5.34. The van der Waals surface area contributed by atoms with Gasteiger partial charge in [0.2, 0.25) is 0 Å². The molecule has 4 rings (SSSR count). The van der Waals surface area contributed by atoms with Crippen molar-refractivity contribution in [2.45, 2.75) is 6.92 Å². The molecule has 3 heterocycles. The lowest BCUT2D eigenvalue weighted by molar-refractivity contribution is 0.0972. The topological polar surface area (TPSA) is 87.6 Å². The molecule has 1 amide bonds. The van der Waals surface area contributed by atoms with Crippen LogP contribution in [0.4, 0.5) is 0 Å². The van der Waals surface area contributed by atoms with E-state index in [0.717, 1.165) is 33.3 Å². The number of ether oxygens (including phenoxy) is 2. The van der Waals surface area contributed by atoms with Crippen molar-refractivity contribution in [2.24, 2.45) is 5.73 Å². The summed E-state index contributed by atoms with van der Waals surface area (Å²) in [6.45, 7) is 2.89. The van der Waals surface area contributed by atoms with Crippen LogP contribution in [0, 0.1) is 6.92 Å². The number of benzene rings is 1. The normalized spacial score (nSPS) is 13.0. The van der Waals surface area contributed by atoms with Crippen LogP contribution in [0.25, 0.3) is 21.8 Å². The molecule has 1 aliphatic rings. The second kappa shape index (κ2) is 5.68. The SMILES string of the molecule is Cc1oc(C(N)=O)cc1-c1csc(-c2ccc3c(c2)OCCO3)n1. The molecular formula is C17H14N2O4S. The van der Waals surface area contributed by atoms with Crippen molar-refractivity contribution in [2.75, 3.05) is 13.2 Å². The Morgan fingerprint density at radius 1 is 1.21 bits per heavy atom. The predicted molar refractivity (Wildman–Crippen MR) is 89.5 cm³/mol. The molecule has 7 heteroatoms. The minimum absolute atomic E-state index is 0.136. The van der Waals surface area contributed by atoms with Gasteiger partial charge in [-0.1, -0.05) is 0 Å². The summed E-state index contributed by atoms with van der Waals surface area (Å²) in [6.07, 6.45) is 0. The second-order valence-corrected chi connectivity index (χ2v) is 6.20. The van der Waals surface area contributed by atoms with Crippen LogP contribution < -0.4 is 15.2 Å². The van der Waals surface area contributed by atoms with E-state index in [1.54, 1.807) is 13.0 Å². The highest BCUT2D eigenvalue weighted by Gasteiger charge is 2.17. The van der Waals surface area contributed by atoms with Crippen LogP contribution in [-0.4, -0.2) is 24.1 Å². The molecule has 0 bridgehead atoms. The molecule has 24 heavy (non-hydrogen) atoms. The number of aryl methyl sites for hydroxylation is 1. The average Bonchev–Trinajstić information content (AvgIpc) is 3.21. The largest absolute Gasteiger partial charge is 0.486 e. The number of amides is 1. The lowest BCUT2D eigenvalue weighted by Crippen LogP contribution is -2.15. The first-order chi connectivity index (χ1) is 11.6. The van der Waals surface area contributed by atoms with E-state index in [9.17, 15) is 4.79 Å². The van der Waals surface area contributed by atoms with Crippen LogP contribution in [-0.2, 0) is 0 Å². The standard InChI is InChI=1S/C17H14N2O4S/c1-9-11(7-15(23-9)16(18)20)12-8-24-17(19-12)10-2-3-13-14(6-10)22-5-4-21-13/h2-3,6-8H,4-5H2,1H3,(H2,18,20). The van der Waals surface area contributed by atoms with E-state index >= 15 is 0 Å². The summed E-state index contributed by atoms with van der Waals surface area (Å²) in [4.78, 5) is 15.9. The minimum Gasteiger partial charge on any atom is -0.486 e. The van der Waals surface area contributed by atoms with Crippen molar-refractivity contribution in [3.63, 3.8) is 0 Å². The number of thiazole rings is 1. The van der Waals surface area contributed by atoms with E-state index in [1.807, 2.05) is 23.6 Å². The molecule has 1 aliphatic heterocycles. The molecule has 0 fully saturated rings. The monoisotopic (exact) mass is 342 g/mol. The van der Waals surface area contributed by atoms with Gasteiger partial charge in [-0.25, -0.2) is 4.98 Å².